The Kier molecular flexibility index (Phi) is 9.08. The highest BCUT2D eigenvalue weighted by Crippen LogP contribution is 2.22. The minimum atomic E-state index is -0.809. The van der Waals surface area contributed by atoms with Crippen molar-refractivity contribution in [2.45, 2.75) is 17.7 Å². The van der Waals surface area contributed by atoms with Gasteiger partial charge in [-0.15, -0.1) is 16.8 Å². The minimum Gasteiger partial charge on any atom is -0.497 e. The smallest absolute Gasteiger partial charge is 0.251 e. The Labute approximate surface area is 206 Å². The Morgan fingerprint density at radius 1 is 1.26 bits per heavy atom. The lowest BCUT2D eigenvalue weighted by atomic mass is 10.2. The number of carbonyl (C=O) groups excluding carboxylic acids is 2. The second-order valence-electron chi connectivity index (χ2n) is 7.02. The SMILES string of the molecule is C=CCn1c(SCC(=O)Nc2cccc(Cl)c2)nnc1[C@@H](CO)NC(=O)c1ccc(OC)cc1. The number of nitrogens with zero attached hydrogens (tertiary/aromatic N) is 3. The number of rotatable bonds is 11. The molecule has 0 aliphatic heterocycles. The number of anilines is 1. The Hall–Kier alpha value is -3.34. The Balaban J connectivity index is 1.69. The molecule has 0 spiro atoms. The van der Waals surface area contributed by atoms with Crippen LogP contribution in [0.3, 0.4) is 0 Å². The highest BCUT2D eigenvalue weighted by Gasteiger charge is 2.23. The average Bonchev–Trinajstić information content (AvgIpc) is 3.23. The van der Waals surface area contributed by atoms with Gasteiger partial charge in [-0.25, -0.2) is 0 Å². The number of nitrogens with one attached hydrogen (secondary N) is 2. The van der Waals surface area contributed by atoms with Crippen LogP contribution < -0.4 is 15.4 Å². The van der Waals surface area contributed by atoms with E-state index < -0.39 is 12.6 Å². The van der Waals surface area contributed by atoms with Gasteiger partial charge >= 0.3 is 0 Å². The van der Waals surface area contributed by atoms with Crippen molar-refractivity contribution in [3.63, 3.8) is 0 Å². The monoisotopic (exact) mass is 501 g/mol. The molecule has 3 N–H and O–H groups in total. The largest absolute Gasteiger partial charge is 0.497 e. The van der Waals surface area contributed by atoms with E-state index in [-0.39, 0.29) is 17.6 Å². The number of hydrogen-bond donors (Lipinski definition) is 3. The van der Waals surface area contributed by atoms with E-state index in [4.69, 9.17) is 16.3 Å². The fourth-order valence-corrected chi connectivity index (χ4v) is 3.98. The number of benzene rings is 2. The number of amides is 2. The molecule has 0 aliphatic carbocycles. The molecule has 1 atom stereocenters. The van der Waals surface area contributed by atoms with Crippen molar-refractivity contribution < 1.29 is 19.4 Å². The van der Waals surface area contributed by atoms with Crippen LogP contribution in [0.2, 0.25) is 5.02 Å². The van der Waals surface area contributed by atoms with E-state index in [1.165, 1.54) is 11.8 Å². The van der Waals surface area contributed by atoms with Crippen molar-refractivity contribution in [2.75, 3.05) is 24.8 Å². The zero-order valence-corrected chi connectivity index (χ0v) is 20.0. The number of ether oxygens (including phenoxy) is 1. The van der Waals surface area contributed by atoms with Crippen LogP contribution in [0.25, 0.3) is 0 Å². The molecule has 0 unspecified atom stereocenters. The molecule has 11 heteroatoms. The Morgan fingerprint density at radius 3 is 2.68 bits per heavy atom. The van der Waals surface area contributed by atoms with Crippen molar-refractivity contribution in [2.24, 2.45) is 0 Å². The normalized spacial score (nSPS) is 11.5. The summed E-state index contributed by atoms with van der Waals surface area (Å²) in [5.74, 6) is 0.423. The van der Waals surface area contributed by atoms with Gasteiger partial charge in [0.25, 0.3) is 5.91 Å². The zero-order chi connectivity index (χ0) is 24.5. The number of aromatic nitrogens is 3. The van der Waals surface area contributed by atoms with Crippen molar-refractivity contribution >= 4 is 40.9 Å². The number of carbonyl (C=O) groups is 2. The van der Waals surface area contributed by atoms with Crippen molar-refractivity contribution in [1.29, 1.82) is 0 Å². The molecular formula is C23H24ClN5O4S. The first-order chi connectivity index (χ1) is 16.4. The summed E-state index contributed by atoms with van der Waals surface area (Å²) in [5.41, 5.74) is 0.995. The minimum absolute atomic E-state index is 0.0732. The molecule has 2 amide bonds. The number of aliphatic hydroxyl groups excluding tert-OH is 1. The van der Waals surface area contributed by atoms with E-state index in [2.05, 4.69) is 27.4 Å². The summed E-state index contributed by atoms with van der Waals surface area (Å²) in [7, 11) is 1.54. The molecule has 0 bridgehead atoms. The summed E-state index contributed by atoms with van der Waals surface area (Å²) in [4.78, 5) is 25.0. The van der Waals surface area contributed by atoms with Gasteiger partial charge in [0.1, 0.15) is 11.8 Å². The van der Waals surface area contributed by atoms with Gasteiger partial charge in [-0.2, -0.15) is 0 Å². The zero-order valence-electron chi connectivity index (χ0n) is 18.4. The quantitative estimate of drug-likeness (QED) is 0.272. The van der Waals surface area contributed by atoms with Gasteiger partial charge in [0.15, 0.2) is 11.0 Å². The summed E-state index contributed by atoms with van der Waals surface area (Å²) in [5, 5.41) is 24.7. The third kappa shape index (κ3) is 6.60. The van der Waals surface area contributed by atoms with Crippen molar-refractivity contribution in [3.05, 3.63) is 77.6 Å². The van der Waals surface area contributed by atoms with Crippen molar-refractivity contribution in [3.8, 4) is 5.75 Å². The molecule has 0 aliphatic rings. The molecule has 1 aromatic heterocycles. The highest BCUT2D eigenvalue weighted by molar-refractivity contribution is 7.99. The molecule has 0 radical (unpaired) electrons. The Bertz CT molecular complexity index is 1150. The highest BCUT2D eigenvalue weighted by atomic mass is 35.5. The lowest BCUT2D eigenvalue weighted by Gasteiger charge is -2.17. The van der Waals surface area contributed by atoms with Crippen LogP contribution in [0.15, 0.2) is 66.3 Å². The van der Waals surface area contributed by atoms with Crippen LogP contribution >= 0.6 is 23.4 Å². The summed E-state index contributed by atoms with van der Waals surface area (Å²) < 4.78 is 6.80. The topological polar surface area (TPSA) is 118 Å². The number of halogens is 1. The first kappa shape index (κ1) is 25.3. The molecule has 9 nitrogen and oxygen atoms in total. The molecular weight excluding hydrogens is 478 g/mol. The molecule has 1 heterocycles. The number of thioether (sulfide) groups is 1. The van der Waals surface area contributed by atoms with E-state index >= 15 is 0 Å². The van der Waals surface area contributed by atoms with E-state index in [0.29, 0.717) is 39.5 Å². The molecule has 0 saturated carbocycles. The molecule has 0 saturated heterocycles. The van der Waals surface area contributed by atoms with Crippen LogP contribution in [0.1, 0.15) is 22.2 Å². The van der Waals surface area contributed by atoms with Gasteiger partial charge in [0.2, 0.25) is 5.91 Å². The standard InChI is InChI=1S/C23H24ClN5O4S/c1-3-11-29-21(19(13-30)26-22(32)15-7-9-18(33-2)10-8-15)27-28-23(29)34-14-20(31)25-17-6-4-5-16(24)12-17/h3-10,12,19,30H,1,11,13-14H2,2H3,(H,25,31)(H,26,32)/t19-/m1/s1. The molecule has 3 rings (SSSR count). The van der Waals surface area contributed by atoms with Gasteiger partial charge < -0.3 is 25.0 Å². The van der Waals surface area contributed by atoms with E-state index in [1.807, 2.05) is 0 Å². The van der Waals surface area contributed by atoms with Gasteiger partial charge in [0, 0.05) is 22.8 Å². The number of aliphatic hydroxyl groups is 1. The van der Waals surface area contributed by atoms with Crippen LogP contribution in [0.4, 0.5) is 5.69 Å². The molecule has 34 heavy (non-hydrogen) atoms. The summed E-state index contributed by atoms with van der Waals surface area (Å²) >= 11 is 7.12. The first-order valence-electron chi connectivity index (χ1n) is 10.2. The molecule has 0 fully saturated rings. The lowest BCUT2D eigenvalue weighted by molar-refractivity contribution is -0.113. The predicted octanol–water partition coefficient (Wildman–Crippen LogP) is 3.32. The predicted molar refractivity (Wildman–Crippen MR) is 131 cm³/mol. The second kappa shape index (κ2) is 12.2. The summed E-state index contributed by atoms with van der Waals surface area (Å²) in [6.07, 6.45) is 1.64. The molecule has 3 aromatic rings. The van der Waals surface area contributed by atoms with Crippen LogP contribution in [0, 0.1) is 0 Å². The average molecular weight is 502 g/mol. The summed E-state index contributed by atoms with van der Waals surface area (Å²) in [6, 6.07) is 12.6. The molecule has 178 valence electrons. The summed E-state index contributed by atoms with van der Waals surface area (Å²) in [6.45, 7) is 3.69. The third-order valence-corrected chi connectivity index (χ3v) is 5.85. The fourth-order valence-electron chi connectivity index (χ4n) is 3.03. The van der Waals surface area contributed by atoms with Crippen LogP contribution in [0.5, 0.6) is 5.75 Å². The maximum atomic E-state index is 12.7. The van der Waals surface area contributed by atoms with Gasteiger partial charge in [-0.3, -0.25) is 9.59 Å². The van der Waals surface area contributed by atoms with E-state index in [1.54, 1.807) is 66.3 Å². The Morgan fingerprint density at radius 2 is 2.03 bits per heavy atom. The first-order valence-corrected chi connectivity index (χ1v) is 11.6. The van der Waals surface area contributed by atoms with Gasteiger partial charge in [-0.1, -0.05) is 35.5 Å². The number of allylic oxidation sites excluding steroid dienone is 1. The maximum Gasteiger partial charge on any atom is 0.251 e. The van der Waals surface area contributed by atoms with E-state index in [0.717, 1.165) is 0 Å². The van der Waals surface area contributed by atoms with E-state index in [9.17, 15) is 14.7 Å². The molecule has 2 aromatic carbocycles. The van der Waals surface area contributed by atoms with Crippen LogP contribution in [-0.4, -0.2) is 51.2 Å². The number of methoxy groups -OCH3 is 1. The second-order valence-corrected chi connectivity index (χ2v) is 8.40. The fraction of sp³-hybridized carbons (Fsp3) is 0.217. The third-order valence-electron chi connectivity index (χ3n) is 4.65. The lowest BCUT2D eigenvalue weighted by Crippen LogP contribution is -2.33. The maximum absolute atomic E-state index is 12.7. The van der Waals surface area contributed by atoms with Gasteiger partial charge in [-0.05, 0) is 42.5 Å². The van der Waals surface area contributed by atoms with Gasteiger partial charge in [0.05, 0.1) is 19.5 Å². The van der Waals surface area contributed by atoms with Crippen molar-refractivity contribution in [1.82, 2.24) is 20.1 Å². The number of hydrogen-bond acceptors (Lipinski definition) is 7. The van der Waals surface area contributed by atoms with Crippen LogP contribution in [-0.2, 0) is 11.3 Å².